The third kappa shape index (κ3) is 4.96. The highest BCUT2D eigenvalue weighted by Gasteiger charge is 2.35. The molecule has 0 aromatic rings. The number of sulfone groups is 1. The smallest absolute Gasteiger partial charge is 0.307 e. The minimum absolute atomic E-state index is 0.0968. The Morgan fingerprint density at radius 2 is 2.05 bits per heavy atom. The molecule has 2 aliphatic heterocycles. The monoisotopic (exact) mass is 319 g/mol. The van der Waals surface area contributed by atoms with Gasteiger partial charge in [-0.3, -0.25) is 9.59 Å². The van der Waals surface area contributed by atoms with Crippen LogP contribution in [0.2, 0.25) is 0 Å². The Morgan fingerprint density at radius 1 is 1.38 bits per heavy atom. The Balaban J connectivity index is 1.71. The molecule has 0 amide bonds. The average molecular weight is 319 g/mol. The molecule has 120 valence electrons. The molecule has 1 unspecified atom stereocenters. The molecule has 0 bridgehead atoms. The molecule has 2 saturated heterocycles. The van der Waals surface area contributed by atoms with Crippen LogP contribution in [0.1, 0.15) is 26.2 Å². The summed E-state index contributed by atoms with van der Waals surface area (Å²) in [5.74, 6) is -0.312. The average Bonchev–Trinajstić information content (AvgIpc) is 2.41. The molecule has 0 N–H and O–H groups in total. The molecule has 0 aliphatic carbocycles. The van der Waals surface area contributed by atoms with Gasteiger partial charge in [0.05, 0.1) is 17.9 Å². The van der Waals surface area contributed by atoms with Crippen LogP contribution in [0.15, 0.2) is 0 Å². The lowest BCUT2D eigenvalue weighted by Crippen LogP contribution is -2.43. The minimum atomic E-state index is -2.90. The third-order valence-corrected chi connectivity index (χ3v) is 5.44. The van der Waals surface area contributed by atoms with E-state index in [0.717, 1.165) is 0 Å². The molecule has 0 spiro atoms. The van der Waals surface area contributed by atoms with Crippen LogP contribution in [-0.2, 0) is 28.9 Å². The summed E-state index contributed by atoms with van der Waals surface area (Å²) in [5, 5.41) is 0. The number of esters is 2. The fraction of sp³-hybridized carbons (Fsp3) is 0.846. The van der Waals surface area contributed by atoms with E-state index in [1.54, 1.807) is 6.92 Å². The number of cyclic esters (lactones) is 1. The first-order valence-corrected chi connectivity index (χ1v) is 8.90. The summed E-state index contributed by atoms with van der Waals surface area (Å²) in [7, 11) is -2.90. The van der Waals surface area contributed by atoms with E-state index < -0.39 is 15.4 Å². The highest BCUT2D eigenvalue weighted by molar-refractivity contribution is 7.91. The van der Waals surface area contributed by atoms with E-state index >= 15 is 0 Å². The number of nitrogens with zero attached hydrogens (tertiary/aromatic N) is 1. The molecular weight excluding hydrogens is 298 g/mol. The topological polar surface area (TPSA) is 90.0 Å². The van der Waals surface area contributed by atoms with E-state index in [4.69, 9.17) is 9.47 Å². The van der Waals surface area contributed by atoms with Crippen LogP contribution >= 0.6 is 0 Å². The van der Waals surface area contributed by atoms with Crippen molar-refractivity contribution in [3.63, 3.8) is 0 Å². The molecular formula is C13H21NO6S. The largest absolute Gasteiger partial charge is 0.461 e. The summed E-state index contributed by atoms with van der Waals surface area (Å²) in [6, 6.07) is 0. The van der Waals surface area contributed by atoms with Gasteiger partial charge in [-0.15, -0.1) is 0 Å². The van der Waals surface area contributed by atoms with Crippen molar-refractivity contribution in [3.05, 3.63) is 0 Å². The number of rotatable bonds is 4. The number of hydrogen-bond donors (Lipinski definition) is 0. The van der Waals surface area contributed by atoms with Gasteiger partial charge < -0.3 is 14.4 Å². The van der Waals surface area contributed by atoms with Crippen LogP contribution in [0, 0.1) is 0 Å². The zero-order valence-electron chi connectivity index (χ0n) is 12.2. The highest BCUT2D eigenvalue weighted by atomic mass is 32.2. The lowest BCUT2D eigenvalue weighted by Gasteiger charge is -2.32. The van der Waals surface area contributed by atoms with Gasteiger partial charge >= 0.3 is 11.9 Å². The normalized spacial score (nSPS) is 29.7. The van der Waals surface area contributed by atoms with Crippen molar-refractivity contribution in [2.45, 2.75) is 31.8 Å². The summed E-state index contributed by atoms with van der Waals surface area (Å²) >= 11 is 0. The van der Waals surface area contributed by atoms with E-state index in [-0.39, 0.29) is 42.9 Å². The predicted octanol–water partition coefficient (Wildman–Crippen LogP) is -0.254. The Bertz CT molecular complexity index is 491. The summed E-state index contributed by atoms with van der Waals surface area (Å²) in [6.45, 7) is 3.27. The molecule has 8 heteroatoms. The maximum absolute atomic E-state index is 11.9. The molecule has 21 heavy (non-hydrogen) atoms. The second kappa shape index (κ2) is 6.31. The van der Waals surface area contributed by atoms with E-state index in [1.807, 2.05) is 4.90 Å². The maximum Gasteiger partial charge on any atom is 0.307 e. The van der Waals surface area contributed by atoms with Gasteiger partial charge in [-0.1, -0.05) is 0 Å². The van der Waals surface area contributed by atoms with Gasteiger partial charge in [0.2, 0.25) is 0 Å². The Morgan fingerprint density at radius 3 is 2.62 bits per heavy atom. The molecule has 0 radical (unpaired) electrons. The fourth-order valence-electron chi connectivity index (χ4n) is 2.37. The quantitative estimate of drug-likeness (QED) is 0.660. The van der Waals surface area contributed by atoms with Crippen LogP contribution in [-0.4, -0.2) is 68.6 Å². The van der Waals surface area contributed by atoms with Gasteiger partial charge in [-0.2, -0.15) is 0 Å². The second-order valence-corrected chi connectivity index (χ2v) is 8.13. The minimum Gasteiger partial charge on any atom is -0.461 e. The van der Waals surface area contributed by atoms with Crippen LogP contribution in [0.4, 0.5) is 0 Å². The predicted molar refractivity (Wildman–Crippen MR) is 74.4 cm³/mol. The van der Waals surface area contributed by atoms with Crippen molar-refractivity contribution < 1.29 is 27.5 Å². The number of hydrogen-bond acceptors (Lipinski definition) is 7. The fourth-order valence-corrected chi connectivity index (χ4v) is 3.65. The van der Waals surface area contributed by atoms with Crippen molar-refractivity contribution in [1.82, 2.24) is 4.90 Å². The highest BCUT2D eigenvalue weighted by Crippen LogP contribution is 2.24. The van der Waals surface area contributed by atoms with E-state index in [0.29, 0.717) is 26.1 Å². The van der Waals surface area contributed by atoms with E-state index in [9.17, 15) is 18.0 Å². The van der Waals surface area contributed by atoms with Gasteiger partial charge in [0.25, 0.3) is 0 Å². The summed E-state index contributed by atoms with van der Waals surface area (Å²) in [6.07, 6.45) is 0.941. The third-order valence-electron chi connectivity index (χ3n) is 3.83. The van der Waals surface area contributed by atoms with Gasteiger partial charge in [0, 0.05) is 32.5 Å². The van der Waals surface area contributed by atoms with Crippen LogP contribution in [0.3, 0.4) is 0 Å². The number of ether oxygens (including phenoxy) is 2. The SMILES string of the molecule is CC1(OC(=O)CCN2CCS(=O)(=O)CC2)CCC(=O)OC1. The first-order valence-electron chi connectivity index (χ1n) is 7.08. The standard InChI is InChI=1S/C13H21NO6S/c1-13(4-2-11(15)19-10-13)20-12(16)3-5-14-6-8-21(17,18)9-7-14/h2-10H2,1H3. The van der Waals surface area contributed by atoms with Crippen LogP contribution in [0.5, 0.6) is 0 Å². The zero-order valence-corrected chi connectivity index (χ0v) is 13.0. The summed E-state index contributed by atoms with van der Waals surface area (Å²) in [4.78, 5) is 24.8. The Hall–Kier alpha value is -1.15. The molecule has 0 saturated carbocycles. The van der Waals surface area contributed by atoms with Gasteiger partial charge in [0.15, 0.2) is 9.84 Å². The molecule has 1 atom stereocenters. The Kier molecular flexibility index (Phi) is 4.88. The molecule has 7 nitrogen and oxygen atoms in total. The second-order valence-electron chi connectivity index (χ2n) is 5.83. The van der Waals surface area contributed by atoms with Gasteiger partial charge in [-0.25, -0.2) is 8.42 Å². The molecule has 0 aromatic carbocycles. The van der Waals surface area contributed by atoms with Crippen molar-refractivity contribution in [3.8, 4) is 0 Å². The summed E-state index contributed by atoms with van der Waals surface area (Å²) in [5.41, 5.74) is -0.740. The van der Waals surface area contributed by atoms with Crippen molar-refractivity contribution >= 4 is 21.8 Å². The van der Waals surface area contributed by atoms with E-state index in [2.05, 4.69) is 0 Å². The Labute approximate surface area is 124 Å². The van der Waals surface area contributed by atoms with Crippen LogP contribution in [0.25, 0.3) is 0 Å². The maximum atomic E-state index is 11.9. The first-order chi connectivity index (χ1) is 9.78. The van der Waals surface area contributed by atoms with Crippen molar-refractivity contribution in [1.29, 1.82) is 0 Å². The van der Waals surface area contributed by atoms with Crippen LogP contribution < -0.4 is 0 Å². The van der Waals surface area contributed by atoms with Gasteiger partial charge in [0.1, 0.15) is 12.2 Å². The molecule has 2 aliphatic rings. The molecule has 2 rings (SSSR count). The lowest BCUT2D eigenvalue weighted by molar-refractivity contribution is -0.180. The molecule has 2 fully saturated rings. The lowest BCUT2D eigenvalue weighted by atomic mass is 9.99. The summed E-state index contributed by atoms with van der Waals surface area (Å²) < 4.78 is 32.9. The van der Waals surface area contributed by atoms with E-state index in [1.165, 1.54) is 0 Å². The number of carbonyl (C=O) groups is 2. The zero-order chi connectivity index (χ0) is 15.5. The van der Waals surface area contributed by atoms with Gasteiger partial charge in [-0.05, 0) is 6.92 Å². The van der Waals surface area contributed by atoms with Crippen molar-refractivity contribution in [2.24, 2.45) is 0 Å². The number of carbonyl (C=O) groups excluding carboxylic acids is 2. The molecule has 0 aromatic heterocycles. The molecule has 2 heterocycles. The van der Waals surface area contributed by atoms with Crippen molar-refractivity contribution in [2.75, 3.05) is 37.7 Å². The first kappa shape index (κ1) is 16.2.